The van der Waals surface area contributed by atoms with Crippen molar-refractivity contribution in [1.29, 1.82) is 0 Å². The highest BCUT2D eigenvalue weighted by Gasteiger charge is 2.26. The zero-order valence-electron chi connectivity index (χ0n) is 12.9. The van der Waals surface area contributed by atoms with Crippen LogP contribution in [0.3, 0.4) is 0 Å². The van der Waals surface area contributed by atoms with Crippen molar-refractivity contribution in [3.05, 3.63) is 28.2 Å². The summed E-state index contributed by atoms with van der Waals surface area (Å²) < 4.78 is 6.67. The number of carbonyl (C=O) groups excluding carboxylic acids is 1. The van der Waals surface area contributed by atoms with Crippen LogP contribution in [0.15, 0.2) is 22.7 Å². The number of carbonyl (C=O) groups is 1. The quantitative estimate of drug-likeness (QED) is 0.825. The average Bonchev–Trinajstić information content (AvgIpc) is 2.50. The second-order valence-corrected chi connectivity index (χ2v) is 7.27. The topological polar surface area (TPSA) is 50.4 Å². The fourth-order valence-corrected chi connectivity index (χ4v) is 3.79. The zero-order valence-corrected chi connectivity index (χ0v) is 14.5. The van der Waals surface area contributed by atoms with Gasteiger partial charge in [-0.1, -0.05) is 35.7 Å². The van der Waals surface area contributed by atoms with E-state index in [4.69, 9.17) is 4.74 Å². The van der Waals surface area contributed by atoms with Crippen LogP contribution in [0.1, 0.15) is 50.6 Å². The van der Waals surface area contributed by atoms with Gasteiger partial charge < -0.3 is 15.4 Å². The Labute approximate surface area is 140 Å². The van der Waals surface area contributed by atoms with Gasteiger partial charge in [0.2, 0.25) is 0 Å². The first-order valence-corrected chi connectivity index (χ1v) is 8.92. The molecule has 3 atom stereocenters. The molecule has 2 N–H and O–H groups in total. The molecule has 0 spiro atoms. The fraction of sp³-hybridized carbons (Fsp3) is 0.588. The molecule has 22 heavy (non-hydrogen) atoms. The molecule has 1 fully saturated rings. The summed E-state index contributed by atoms with van der Waals surface area (Å²) in [5, 5.41) is 6.28. The number of rotatable bonds is 2. The molecule has 3 rings (SSSR count). The lowest BCUT2D eigenvalue weighted by Crippen LogP contribution is -2.47. The Morgan fingerprint density at radius 3 is 2.86 bits per heavy atom. The van der Waals surface area contributed by atoms with Crippen LogP contribution in [-0.2, 0) is 0 Å². The normalized spacial score (nSPS) is 27.5. The Hall–Kier alpha value is -1.23. The van der Waals surface area contributed by atoms with Crippen molar-refractivity contribution in [2.45, 2.75) is 51.1 Å². The minimum absolute atomic E-state index is 0.0140. The molecule has 3 unspecified atom stereocenters. The largest absolute Gasteiger partial charge is 0.493 e. The van der Waals surface area contributed by atoms with E-state index in [-0.39, 0.29) is 12.1 Å². The molecule has 0 aromatic heterocycles. The van der Waals surface area contributed by atoms with Crippen LogP contribution in [0.4, 0.5) is 4.79 Å². The van der Waals surface area contributed by atoms with Crippen LogP contribution in [0, 0.1) is 5.92 Å². The molecule has 1 aliphatic heterocycles. The fourth-order valence-electron chi connectivity index (χ4n) is 3.41. The van der Waals surface area contributed by atoms with Crippen molar-refractivity contribution < 1.29 is 9.53 Å². The summed E-state index contributed by atoms with van der Waals surface area (Å²) in [4.78, 5) is 12.3. The number of ether oxygens (including phenoxy) is 1. The SMILES string of the molecule is CC1CCCCC1NC(=O)NC1CCOc2ccc(Br)cc21. The molecule has 1 aromatic carbocycles. The van der Waals surface area contributed by atoms with Crippen LogP contribution < -0.4 is 15.4 Å². The predicted octanol–water partition coefficient (Wildman–Crippen LogP) is 4.15. The van der Waals surface area contributed by atoms with E-state index in [0.717, 1.165) is 28.6 Å². The van der Waals surface area contributed by atoms with Crippen LogP contribution in [0.5, 0.6) is 5.75 Å². The number of benzene rings is 1. The molecular formula is C17H23BrN2O2. The van der Waals surface area contributed by atoms with E-state index in [2.05, 4.69) is 33.5 Å². The van der Waals surface area contributed by atoms with Gasteiger partial charge >= 0.3 is 6.03 Å². The van der Waals surface area contributed by atoms with Crippen LogP contribution >= 0.6 is 15.9 Å². The average molecular weight is 367 g/mol. The minimum Gasteiger partial charge on any atom is -0.493 e. The Balaban J connectivity index is 1.64. The van der Waals surface area contributed by atoms with Gasteiger partial charge in [0, 0.05) is 22.5 Å². The first-order chi connectivity index (χ1) is 10.6. The second-order valence-electron chi connectivity index (χ2n) is 6.36. The number of hydrogen-bond donors (Lipinski definition) is 2. The number of amides is 2. The number of hydrogen-bond acceptors (Lipinski definition) is 2. The van der Waals surface area contributed by atoms with E-state index in [1.807, 2.05) is 18.2 Å². The standard InChI is InChI=1S/C17H23BrN2O2/c1-11-4-2-3-5-14(11)19-17(21)20-15-8-9-22-16-7-6-12(18)10-13(15)16/h6-7,10-11,14-15H,2-5,8-9H2,1H3,(H2,19,20,21). The van der Waals surface area contributed by atoms with Crippen LogP contribution in [0.25, 0.3) is 0 Å². The molecule has 0 radical (unpaired) electrons. The molecule has 4 nitrogen and oxygen atoms in total. The molecule has 1 saturated carbocycles. The predicted molar refractivity (Wildman–Crippen MR) is 90.1 cm³/mol. The molecule has 2 amide bonds. The van der Waals surface area contributed by atoms with Gasteiger partial charge in [0.05, 0.1) is 12.6 Å². The molecule has 2 aliphatic rings. The second kappa shape index (κ2) is 6.90. The number of fused-ring (bicyclic) bond motifs is 1. The van der Waals surface area contributed by atoms with Crippen molar-refractivity contribution in [2.24, 2.45) is 5.92 Å². The molecule has 5 heteroatoms. The minimum atomic E-state index is -0.0587. The summed E-state index contributed by atoms with van der Waals surface area (Å²) in [5.41, 5.74) is 1.05. The Morgan fingerprint density at radius 1 is 1.23 bits per heavy atom. The maximum atomic E-state index is 12.3. The van der Waals surface area contributed by atoms with Crippen LogP contribution in [-0.4, -0.2) is 18.7 Å². The van der Waals surface area contributed by atoms with Gasteiger partial charge in [-0.3, -0.25) is 0 Å². The molecule has 1 aromatic rings. The van der Waals surface area contributed by atoms with E-state index in [1.54, 1.807) is 0 Å². The smallest absolute Gasteiger partial charge is 0.315 e. The first kappa shape index (κ1) is 15.7. The van der Waals surface area contributed by atoms with Gasteiger partial charge in [-0.2, -0.15) is 0 Å². The molecule has 0 bridgehead atoms. The summed E-state index contributed by atoms with van der Waals surface area (Å²) in [6.45, 7) is 2.87. The van der Waals surface area contributed by atoms with Crippen molar-refractivity contribution >= 4 is 22.0 Å². The van der Waals surface area contributed by atoms with E-state index in [1.165, 1.54) is 19.3 Å². The van der Waals surface area contributed by atoms with E-state index < -0.39 is 0 Å². The lowest BCUT2D eigenvalue weighted by molar-refractivity contribution is 0.209. The number of halogens is 1. The maximum Gasteiger partial charge on any atom is 0.315 e. The molecule has 1 heterocycles. The van der Waals surface area contributed by atoms with Crippen LogP contribution in [0.2, 0.25) is 0 Å². The zero-order chi connectivity index (χ0) is 15.5. The molecule has 0 saturated heterocycles. The first-order valence-electron chi connectivity index (χ1n) is 8.13. The van der Waals surface area contributed by atoms with E-state index in [9.17, 15) is 4.79 Å². The lowest BCUT2D eigenvalue weighted by atomic mass is 9.86. The monoisotopic (exact) mass is 366 g/mol. The van der Waals surface area contributed by atoms with E-state index in [0.29, 0.717) is 18.6 Å². The Morgan fingerprint density at radius 2 is 2.05 bits per heavy atom. The van der Waals surface area contributed by atoms with Crippen molar-refractivity contribution in [3.63, 3.8) is 0 Å². The lowest BCUT2D eigenvalue weighted by Gasteiger charge is -2.31. The third-order valence-corrected chi connectivity index (χ3v) is 5.24. The van der Waals surface area contributed by atoms with Crippen molar-refractivity contribution in [3.8, 4) is 5.75 Å². The van der Waals surface area contributed by atoms with Crippen molar-refractivity contribution in [2.75, 3.05) is 6.61 Å². The highest BCUT2D eigenvalue weighted by atomic mass is 79.9. The Bertz CT molecular complexity index is 549. The highest BCUT2D eigenvalue weighted by molar-refractivity contribution is 9.10. The van der Waals surface area contributed by atoms with Gasteiger partial charge in [0.1, 0.15) is 5.75 Å². The number of nitrogens with one attached hydrogen (secondary N) is 2. The molecule has 1 aliphatic carbocycles. The summed E-state index contributed by atoms with van der Waals surface area (Å²) in [7, 11) is 0. The third kappa shape index (κ3) is 3.57. The van der Waals surface area contributed by atoms with Gasteiger partial charge in [0.15, 0.2) is 0 Å². The number of urea groups is 1. The Kier molecular flexibility index (Phi) is 4.91. The van der Waals surface area contributed by atoms with Gasteiger partial charge in [-0.15, -0.1) is 0 Å². The summed E-state index contributed by atoms with van der Waals surface area (Å²) in [6.07, 6.45) is 5.59. The van der Waals surface area contributed by atoms with E-state index >= 15 is 0 Å². The highest BCUT2D eigenvalue weighted by Crippen LogP contribution is 2.34. The molecule has 120 valence electrons. The van der Waals surface area contributed by atoms with Gasteiger partial charge in [-0.05, 0) is 37.0 Å². The summed E-state index contributed by atoms with van der Waals surface area (Å²) >= 11 is 3.49. The van der Waals surface area contributed by atoms with Gasteiger partial charge in [0.25, 0.3) is 0 Å². The van der Waals surface area contributed by atoms with Gasteiger partial charge in [-0.25, -0.2) is 4.79 Å². The van der Waals surface area contributed by atoms with Crippen molar-refractivity contribution in [1.82, 2.24) is 10.6 Å². The third-order valence-electron chi connectivity index (χ3n) is 4.74. The summed E-state index contributed by atoms with van der Waals surface area (Å²) in [6, 6.07) is 6.20. The summed E-state index contributed by atoms with van der Waals surface area (Å²) in [5.74, 6) is 1.43. The maximum absolute atomic E-state index is 12.3. The molecular weight excluding hydrogens is 344 g/mol.